The van der Waals surface area contributed by atoms with Gasteiger partial charge < -0.3 is 9.80 Å². The van der Waals surface area contributed by atoms with Gasteiger partial charge in [0.2, 0.25) is 0 Å². The van der Waals surface area contributed by atoms with E-state index < -0.39 is 0 Å². The van der Waals surface area contributed by atoms with Crippen molar-refractivity contribution in [3.8, 4) is 11.1 Å². The molecule has 0 aromatic heterocycles. The molecule has 0 aliphatic heterocycles. The van der Waals surface area contributed by atoms with Gasteiger partial charge in [-0.1, -0.05) is 117 Å². The number of allylic oxidation sites excluding steroid dienone is 1. The number of rotatable bonds is 9. The van der Waals surface area contributed by atoms with Gasteiger partial charge in [0.1, 0.15) is 0 Å². The third kappa shape index (κ3) is 5.82. The molecule has 7 aromatic rings. The van der Waals surface area contributed by atoms with Crippen LogP contribution in [0.2, 0.25) is 0 Å². The minimum atomic E-state index is 0.856. The third-order valence-corrected chi connectivity index (χ3v) is 8.87. The molecule has 7 rings (SSSR count). The maximum atomic E-state index is 4.61. The topological polar surface area (TPSA) is 6.48 Å². The highest BCUT2D eigenvalue weighted by atomic mass is 15.1. The second-order valence-corrected chi connectivity index (χ2v) is 11.8. The highest BCUT2D eigenvalue weighted by Crippen LogP contribution is 2.47. The Kier molecular flexibility index (Phi) is 8.41. The average molecular weight is 607 g/mol. The van der Waals surface area contributed by atoms with E-state index in [1.807, 2.05) is 0 Å². The molecule has 0 unspecified atom stereocenters. The van der Waals surface area contributed by atoms with Crippen molar-refractivity contribution in [3.05, 3.63) is 188 Å². The summed E-state index contributed by atoms with van der Waals surface area (Å²) in [7, 11) is 0. The van der Waals surface area contributed by atoms with Crippen LogP contribution in [0.25, 0.3) is 27.5 Å². The molecule has 0 amide bonds. The van der Waals surface area contributed by atoms with Gasteiger partial charge in [0.25, 0.3) is 0 Å². The van der Waals surface area contributed by atoms with Crippen molar-refractivity contribution < 1.29 is 0 Å². The fourth-order valence-electron chi connectivity index (χ4n) is 6.55. The van der Waals surface area contributed by atoms with Gasteiger partial charge in [0.05, 0.1) is 5.69 Å². The van der Waals surface area contributed by atoms with Gasteiger partial charge >= 0.3 is 0 Å². The summed E-state index contributed by atoms with van der Waals surface area (Å²) in [6.07, 6.45) is 0.856. The summed E-state index contributed by atoms with van der Waals surface area (Å²) in [5.41, 5.74) is 12.7. The van der Waals surface area contributed by atoms with E-state index in [2.05, 4.69) is 200 Å². The average Bonchev–Trinajstić information content (AvgIpc) is 3.13. The Balaban J connectivity index is 1.45. The molecule has 0 radical (unpaired) electrons. The van der Waals surface area contributed by atoms with Crippen molar-refractivity contribution in [2.75, 3.05) is 9.80 Å². The number of fused-ring (bicyclic) bond motifs is 1. The lowest BCUT2D eigenvalue weighted by Gasteiger charge is -2.29. The van der Waals surface area contributed by atoms with Crippen LogP contribution >= 0.6 is 0 Å². The third-order valence-electron chi connectivity index (χ3n) is 8.87. The molecule has 0 saturated heterocycles. The van der Waals surface area contributed by atoms with Crippen molar-refractivity contribution in [3.63, 3.8) is 0 Å². The Hall–Kier alpha value is -5.86. The van der Waals surface area contributed by atoms with Gasteiger partial charge in [-0.05, 0) is 113 Å². The minimum absolute atomic E-state index is 0.856. The fraction of sp³-hybridized carbons (Fsp3) is 0.0667. The van der Waals surface area contributed by atoms with Gasteiger partial charge in [0.15, 0.2) is 0 Å². The Morgan fingerprint density at radius 2 is 0.936 bits per heavy atom. The zero-order valence-electron chi connectivity index (χ0n) is 27.0. The maximum absolute atomic E-state index is 4.61. The van der Waals surface area contributed by atoms with Crippen LogP contribution in [0.4, 0.5) is 34.1 Å². The van der Waals surface area contributed by atoms with Gasteiger partial charge in [0, 0.05) is 33.8 Å². The number of hydrogen-bond acceptors (Lipinski definition) is 2. The molecule has 7 aromatic carbocycles. The standard InChI is InChI=1S/C45H38N2/c1-4-33(2)43-32-44(47(37-23-13-7-14-24-37)38-25-15-8-16-26-38)41-27-17-18-28-42(41)45(43)40-30-29-39(31-34(40)3)46(35-19-9-5-10-20-35)36-21-11-6-12-22-36/h5-32H,2,4H2,1,3H3. The molecule has 2 nitrogen and oxygen atoms in total. The van der Waals surface area contributed by atoms with Crippen LogP contribution in [0.1, 0.15) is 24.5 Å². The summed E-state index contributed by atoms with van der Waals surface area (Å²) in [4.78, 5) is 4.69. The van der Waals surface area contributed by atoms with Crippen LogP contribution in [0.15, 0.2) is 176 Å². The smallest absolute Gasteiger partial charge is 0.0546 e. The minimum Gasteiger partial charge on any atom is -0.310 e. The summed E-state index contributed by atoms with van der Waals surface area (Å²) < 4.78 is 0. The maximum Gasteiger partial charge on any atom is 0.0546 e. The molecular formula is C45H38N2. The van der Waals surface area contributed by atoms with E-state index in [0.717, 1.165) is 46.1 Å². The van der Waals surface area contributed by atoms with Crippen molar-refractivity contribution in [2.24, 2.45) is 0 Å². The zero-order chi connectivity index (χ0) is 32.2. The number of nitrogens with zero attached hydrogens (tertiary/aromatic N) is 2. The van der Waals surface area contributed by atoms with Gasteiger partial charge in [-0.25, -0.2) is 0 Å². The molecule has 47 heavy (non-hydrogen) atoms. The van der Waals surface area contributed by atoms with Gasteiger partial charge in [-0.2, -0.15) is 0 Å². The van der Waals surface area contributed by atoms with E-state index in [-0.39, 0.29) is 0 Å². The Morgan fingerprint density at radius 1 is 0.489 bits per heavy atom. The molecule has 0 atom stereocenters. The second-order valence-electron chi connectivity index (χ2n) is 11.8. The molecule has 0 spiro atoms. The zero-order valence-corrected chi connectivity index (χ0v) is 27.0. The second kappa shape index (κ2) is 13.2. The molecule has 0 bridgehead atoms. The van der Waals surface area contributed by atoms with Crippen molar-refractivity contribution in [2.45, 2.75) is 20.3 Å². The number of aryl methyl sites for hydroxylation is 1. The predicted octanol–water partition coefficient (Wildman–Crippen LogP) is 13.2. The van der Waals surface area contributed by atoms with Crippen LogP contribution in [-0.2, 0) is 0 Å². The van der Waals surface area contributed by atoms with E-state index in [1.54, 1.807) is 0 Å². The summed E-state index contributed by atoms with van der Waals surface area (Å²) in [5, 5.41) is 2.41. The molecule has 0 fully saturated rings. The normalized spacial score (nSPS) is 10.9. The lowest BCUT2D eigenvalue weighted by atomic mass is 9.86. The van der Waals surface area contributed by atoms with E-state index in [4.69, 9.17) is 0 Å². The lowest BCUT2D eigenvalue weighted by molar-refractivity contribution is 1.24. The molecule has 0 aliphatic carbocycles. The summed E-state index contributed by atoms with van der Waals surface area (Å²) in [6, 6.07) is 60.5. The molecule has 0 saturated carbocycles. The number of benzene rings is 7. The predicted molar refractivity (Wildman–Crippen MR) is 203 cm³/mol. The van der Waals surface area contributed by atoms with Crippen LogP contribution in [-0.4, -0.2) is 0 Å². The van der Waals surface area contributed by atoms with Crippen molar-refractivity contribution in [1.29, 1.82) is 0 Å². The first-order valence-corrected chi connectivity index (χ1v) is 16.3. The first-order chi connectivity index (χ1) is 23.1. The summed E-state index contributed by atoms with van der Waals surface area (Å²) >= 11 is 0. The quantitative estimate of drug-likeness (QED) is 0.161. The number of anilines is 6. The van der Waals surface area contributed by atoms with Crippen molar-refractivity contribution >= 4 is 50.5 Å². The summed E-state index contributed by atoms with van der Waals surface area (Å²) in [6.45, 7) is 9.04. The number of para-hydroxylation sites is 4. The van der Waals surface area contributed by atoms with Crippen LogP contribution in [0.3, 0.4) is 0 Å². The molecular weight excluding hydrogens is 569 g/mol. The Morgan fingerprint density at radius 3 is 1.40 bits per heavy atom. The molecule has 0 aliphatic rings. The first kappa shape index (κ1) is 29.8. The Bertz CT molecular complexity index is 2060. The molecule has 0 N–H and O–H groups in total. The molecule has 0 heterocycles. The highest BCUT2D eigenvalue weighted by molar-refractivity contribution is 6.10. The SMILES string of the molecule is C=C(CC)c1cc(N(c2ccccc2)c2ccccc2)c2ccccc2c1-c1ccc(N(c2ccccc2)c2ccccc2)cc1C. The number of hydrogen-bond donors (Lipinski definition) is 0. The van der Waals surface area contributed by atoms with Crippen LogP contribution in [0, 0.1) is 6.92 Å². The van der Waals surface area contributed by atoms with Crippen LogP contribution in [0.5, 0.6) is 0 Å². The van der Waals surface area contributed by atoms with E-state index in [1.165, 1.54) is 33.0 Å². The van der Waals surface area contributed by atoms with Crippen LogP contribution < -0.4 is 9.80 Å². The highest BCUT2D eigenvalue weighted by Gasteiger charge is 2.22. The van der Waals surface area contributed by atoms with E-state index in [0.29, 0.717) is 0 Å². The lowest BCUT2D eigenvalue weighted by Crippen LogP contribution is -2.11. The van der Waals surface area contributed by atoms with E-state index >= 15 is 0 Å². The van der Waals surface area contributed by atoms with E-state index in [9.17, 15) is 0 Å². The largest absolute Gasteiger partial charge is 0.310 e. The summed E-state index contributed by atoms with van der Waals surface area (Å²) in [5.74, 6) is 0. The fourth-order valence-corrected chi connectivity index (χ4v) is 6.55. The van der Waals surface area contributed by atoms with Crippen molar-refractivity contribution in [1.82, 2.24) is 0 Å². The van der Waals surface area contributed by atoms with Gasteiger partial charge in [-0.3, -0.25) is 0 Å². The van der Waals surface area contributed by atoms with Gasteiger partial charge in [-0.15, -0.1) is 0 Å². The Labute approximate surface area is 278 Å². The molecule has 2 heteroatoms. The molecule has 228 valence electrons. The first-order valence-electron chi connectivity index (χ1n) is 16.3. The monoisotopic (exact) mass is 606 g/mol.